The van der Waals surface area contributed by atoms with Gasteiger partial charge in [0, 0.05) is 12.0 Å². The first-order chi connectivity index (χ1) is 4.84. The number of allylic oxidation sites excluding steroid dienone is 2. The monoisotopic (exact) mass is 138 g/mol. The Kier molecular flexibility index (Phi) is 2.26. The van der Waals surface area contributed by atoms with Crippen LogP contribution in [0.4, 0.5) is 0 Å². The van der Waals surface area contributed by atoms with E-state index in [0.717, 1.165) is 18.4 Å². The third-order valence-electron chi connectivity index (χ3n) is 1.40. The molecule has 1 fully saturated rings. The molecular weight excluding hydrogens is 128 g/mol. The van der Waals surface area contributed by atoms with E-state index in [1.807, 2.05) is 6.08 Å². The molecule has 0 amide bonds. The van der Waals surface area contributed by atoms with Gasteiger partial charge in [-0.15, -0.1) is 6.58 Å². The van der Waals surface area contributed by atoms with Crippen LogP contribution in [0.15, 0.2) is 24.3 Å². The van der Waals surface area contributed by atoms with Gasteiger partial charge in [-0.05, 0) is 6.42 Å². The molecule has 1 saturated heterocycles. The Bertz CT molecular complexity index is 180. The Morgan fingerprint density at radius 2 is 2.50 bits per heavy atom. The van der Waals surface area contributed by atoms with Crippen molar-refractivity contribution in [3.63, 3.8) is 0 Å². The van der Waals surface area contributed by atoms with Crippen LogP contribution in [0.2, 0.25) is 0 Å². The Morgan fingerprint density at radius 1 is 1.70 bits per heavy atom. The topological polar surface area (TPSA) is 26.3 Å². The zero-order valence-corrected chi connectivity index (χ0v) is 5.80. The fourth-order valence-electron chi connectivity index (χ4n) is 0.859. The summed E-state index contributed by atoms with van der Waals surface area (Å²) in [6.07, 6.45) is 5.14. The smallest absolute Gasteiger partial charge is 0.333 e. The van der Waals surface area contributed by atoms with E-state index in [9.17, 15) is 4.79 Å². The van der Waals surface area contributed by atoms with Crippen LogP contribution in [0.5, 0.6) is 0 Å². The van der Waals surface area contributed by atoms with Crippen molar-refractivity contribution >= 4 is 5.97 Å². The van der Waals surface area contributed by atoms with Crippen LogP contribution in [-0.4, -0.2) is 12.6 Å². The molecule has 2 heteroatoms. The van der Waals surface area contributed by atoms with Crippen molar-refractivity contribution in [3.8, 4) is 0 Å². The van der Waals surface area contributed by atoms with Crippen molar-refractivity contribution in [1.82, 2.24) is 0 Å². The van der Waals surface area contributed by atoms with Crippen molar-refractivity contribution < 1.29 is 9.53 Å². The highest BCUT2D eigenvalue weighted by atomic mass is 16.5. The van der Waals surface area contributed by atoms with Gasteiger partial charge in [-0.25, -0.2) is 4.79 Å². The summed E-state index contributed by atoms with van der Waals surface area (Å²) < 4.78 is 4.72. The summed E-state index contributed by atoms with van der Waals surface area (Å²) >= 11 is 0. The van der Waals surface area contributed by atoms with Crippen LogP contribution in [0.1, 0.15) is 12.8 Å². The minimum Gasteiger partial charge on any atom is -0.462 e. The zero-order valence-electron chi connectivity index (χ0n) is 5.80. The molecule has 10 heavy (non-hydrogen) atoms. The summed E-state index contributed by atoms with van der Waals surface area (Å²) in [6, 6.07) is 0. The average Bonchev–Trinajstić information content (AvgIpc) is 2.31. The van der Waals surface area contributed by atoms with Gasteiger partial charge in [0.2, 0.25) is 0 Å². The molecule has 0 radical (unpaired) electrons. The molecule has 1 heterocycles. The fraction of sp³-hybridized carbons (Fsp3) is 0.375. The molecule has 2 nitrogen and oxygen atoms in total. The first kappa shape index (κ1) is 7.06. The Morgan fingerprint density at radius 3 is 3.00 bits per heavy atom. The van der Waals surface area contributed by atoms with E-state index >= 15 is 0 Å². The number of ether oxygens (including phenoxy) is 1. The molecule has 54 valence electrons. The van der Waals surface area contributed by atoms with Gasteiger partial charge in [-0.1, -0.05) is 12.2 Å². The Hall–Kier alpha value is -1.05. The molecule has 0 aromatic rings. The van der Waals surface area contributed by atoms with E-state index in [1.54, 1.807) is 6.08 Å². The maximum absolute atomic E-state index is 10.8. The highest BCUT2D eigenvalue weighted by molar-refractivity contribution is 5.90. The van der Waals surface area contributed by atoms with Crippen LogP contribution in [-0.2, 0) is 9.53 Å². The number of cyclic esters (lactones) is 1. The molecule has 0 unspecified atom stereocenters. The molecule has 0 spiro atoms. The van der Waals surface area contributed by atoms with Crippen molar-refractivity contribution in [2.75, 3.05) is 6.61 Å². The fourth-order valence-corrected chi connectivity index (χ4v) is 0.859. The molecule has 0 aliphatic carbocycles. The van der Waals surface area contributed by atoms with Crippen LogP contribution >= 0.6 is 0 Å². The zero-order chi connectivity index (χ0) is 7.40. The average molecular weight is 138 g/mol. The molecule has 1 aliphatic heterocycles. The van der Waals surface area contributed by atoms with Gasteiger partial charge in [-0.3, -0.25) is 0 Å². The summed E-state index contributed by atoms with van der Waals surface area (Å²) in [5, 5.41) is 0. The molecular formula is C8H10O2. The minimum absolute atomic E-state index is 0.165. The van der Waals surface area contributed by atoms with E-state index in [-0.39, 0.29) is 5.97 Å². The van der Waals surface area contributed by atoms with Crippen molar-refractivity contribution in [2.24, 2.45) is 0 Å². The highest BCUT2D eigenvalue weighted by Gasteiger charge is 2.16. The minimum atomic E-state index is -0.165. The number of carbonyl (C=O) groups excluding carboxylic acids is 1. The SMILES string of the molecule is C=CCC=C1CCOC1=O. The first-order valence-electron chi connectivity index (χ1n) is 3.31. The number of hydrogen-bond donors (Lipinski definition) is 0. The summed E-state index contributed by atoms with van der Waals surface area (Å²) in [7, 11) is 0. The normalized spacial score (nSPS) is 21.2. The number of carbonyl (C=O) groups is 1. The van der Waals surface area contributed by atoms with Gasteiger partial charge < -0.3 is 4.74 Å². The quantitative estimate of drug-likeness (QED) is 0.328. The standard InChI is InChI=1S/C8H10O2/c1-2-3-4-7-5-6-10-8(7)9/h2,4H,1,3,5-6H2. The summed E-state index contributed by atoms with van der Waals surface area (Å²) in [4.78, 5) is 10.8. The van der Waals surface area contributed by atoms with Crippen LogP contribution < -0.4 is 0 Å². The number of esters is 1. The van der Waals surface area contributed by atoms with E-state index in [0.29, 0.717) is 6.61 Å². The predicted molar refractivity (Wildman–Crippen MR) is 38.5 cm³/mol. The largest absolute Gasteiger partial charge is 0.462 e. The lowest BCUT2D eigenvalue weighted by atomic mass is 10.2. The van der Waals surface area contributed by atoms with Crippen LogP contribution in [0, 0.1) is 0 Å². The lowest BCUT2D eigenvalue weighted by molar-refractivity contribution is -0.135. The van der Waals surface area contributed by atoms with E-state index in [4.69, 9.17) is 4.74 Å². The van der Waals surface area contributed by atoms with Gasteiger partial charge >= 0.3 is 5.97 Å². The molecule has 0 bridgehead atoms. The Balaban J connectivity index is 2.53. The predicted octanol–water partition coefficient (Wildman–Crippen LogP) is 1.44. The van der Waals surface area contributed by atoms with Gasteiger partial charge in [0.1, 0.15) is 0 Å². The van der Waals surface area contributed by atoms with Gasteiger partial charge in [0.05, 0.1) is 6.61 Å². The van der Waals surface area contributed by atoms with E-state index in [1.165, 1.54) is 0 Å². The van der Waals surface area contributed by atoms with Crippen molar-refractivity contribution in [3.05, 3.63) is 24.3 Å². The summed E-state index contributed by atoms with van der Waals surface area (Å²) in [5.74, 6) is -0.165. The molecule has 0 N–H and O–H groups in total. The second-order valence-corrected chi connectivity index (χ2v) is 2.14. The molecule has 0 saturated carbocycles. The van der Waals surface area contributed by atoms with Crippen molar-refractivity contribution in [1.29, 1.82) is 0 Å². The Labute approximate surface area is 60.2 Å². The number of hydrogen-bond acceptors (Lipinski definition) is 2. The van der Waals surface area contributed by atoms with E-state index in [2.05, 4.69) is 6.58 Å². The van der Waals surface area contributed by atoms with Crippen LogP contribution in [0.3, 0.4) is 0 Å². The third kappa shape index (κ3) is 1.47. The second-order valence-electron chi connectivity index (χ2n) is 2.14. The highest BCUT2D eigenvalue weighted by Crippen LogP contribution is 2.13. The van der Waals surface area contributed by atoms with Gasteiger partial charge in [0.25, 0.3) is 0 Å². The summed E-state index contributed by atoms with van der Waals surface area (Å²) in [6.45, 7) is 4.09. The third-order valence-corrected chi connectivity index (χ3v) is 1.40. The number of rotatable bonds is 2. The molecule has 1 rings (SSSR count). The van der Waals surface area contributed by atoms with Crippen LogP contribution in [0.25, 0.3) is 0 Å². The van der Waals surface area contributed by atoms with E-state index < -0.39 is 0 Å². The summed E-state index contributed by atoms with van der Waals surface area (Å²) in [5.41, 5.74) is 0.792. The second kappa shape index (κ2) is 3.20. The lowest BCUT2D eigenvalue weighted by Crippen LogP contribution is -1.93. The maximum atomic E-state index is 10.8. The van der Waals surface area contributed by atoms with Gasteiger partial charge in [0.15, 0.2) is 0 Å². The molecule has 0 aromatic carbocycles. The van der Waals surface area contributed by atoms with Gasteiger partial charge in [-0.2, -0.15) is 0 Å². The van der Waals surface area contributed by atoms with Crippen molar-refractivity contribution in [2.45, 2.75) is 12.8 Å². The lowest BCUT2D eigenvalue weighted by Gasteiger charge is -1.87. The molecule has 0 atom stereocenters. The first-order valence-corrected chi connectivity index (χ1v) is 3.31. The maximum Gasteiger partial charge on any atom is 0.333 e. The molecule has 1 aliphatic rings. The molecule has 0 aromatic heterocycles.